The molecule has 3 aliphatic rings. The van der Waals surface area contributed by atoms with Gasteiger partial charge in [-0.2, -0.15) is 0 Å². The zero-order valence-corrected chi connectivity index (χ0v) is 38.4. The third kappa shape index (κ3) is 11.5. The van der Waals surface area contributed by atoms with E-state index in [1.807, 2.05) is 0 Å². The second kappa shape index (κ2) is 22.5. The molecule has 5 bridgehead atoms. The minimum absolute atomic E-state index is 0.0432. The van der Waals surface area contributed by atoms with E-state index in [9.17, 15) is 39.9 Å². The quantitative estimate of drug-likeness (QED) is 0.0279. The molecule has 1 amide bonds. The van der Waals surface area contributed by atoms with Crippen LogP contribution in [0.25, 0.3) is 10.8 Å². The van der Waals surface area contributed by atoms with E-state index in [4.69, 9.17) is 23.8 Å². The number of fused-ring (bicyclic) bond motifs is 14. The number of aliphatic hydroxyl groups is 2. The molecule has 0 unspecified atom stereocenters. The van der Waals surface area contributed by atoms with E-state index in [1.54, 1.807) is 39.8 Å². The number of hydrogen-bond donors (Lipinski definition) is 6. The smallest absolute Gasteiger partial charge is 0.312 e. The number of aromatic hydroxyl groups is 3. The number of oxime groups is 1. The number of benzene rings is 2. The number of allylic oxidation sites excluding steroid dienone is 2. The van der Waals surface area contributed by atoms with Crippen molar-refractivity contribution >= 4 is 40.3 Å². The maximum Gasteiger partial charge on any atom is 0.312 e. The van der Waals surface area contributed by atoms with Crippen LogP contribution in [-0.4, -0.2) is 93.3 Å². The number of nitrogens with one attached hydrogen (secondary N) is 1. The predicted octanol–water partition coefficient (Wildman–Crippen LogP) is 8.25. The van der Waals surface area contributed by atoms with Crippen LogP contribution in [0, 0.1) is 30.6 Å². The average Bonchev–Trinajstić information content (AvgIpc) is 3.51. The first-order valence-electron chi connectivity index (χ1n) is 22.1. The van der Waals surface area contributed by atoms with Gasteiger partial charge in [0.2, 0.25) is 0 Å². The summed E-state index contributed by atoms with van der Waals surface area (Å²) in [6.45, 7) is 14.9. The fourth-order valence-corrected chi connectivity index (χ4v) is 8.32. The number of carbonyl (C=O) groups is 3. The summed E-state index contributed by atoms with van der Waals surface area (Å²) >= 11 is 0. The SMILES string of the molecule is CCCCCCCCCCON=Cc1c2c(O)c3c(O)c(C)c4c(c3c1O)C(=O)[C@@](C)(O/C=C/[C@H](OC)[C@H](C)[C@@H](OC(C)=O)[C@@H](C)[C@H](O)[C@H](C)[C@@H](O)[C@@H](C)/C=C/C=C(/C)C(=O)N2)O4. The highest BCUT2D eigenvalue weighted by atomic mass is 16.7. The van der Waals surface area contributed by atoms with E-state index in [2.05, 4.69) is 17.4 Å². The van der Waals surface area contributed by atoms with Gasteiger partial charge in [0.25, 0.3) is 11.7 Å². The molecular formula is C48H68N2O13. The number of aliphatic hydroxyl groups excluding tert-OH is 2. The Kier molecular flexibility index (Phi) is 18.0. The zero-order chi connectivity index (χ0) is 46.8. The van der Waals surface area contributed by atoms with Crippen molar-refractivity contribution in [1.82, 2.24) is 0 Å². The molecule has 6 N–H and O–H groups in total. The second-order valence-corrected chi connectivity index (χ2v) is 17.2. The summed E-state index contributed by atoms with van der Waals surface area (Å²) < 4.78 is 23.6. The number of rotatable bonds is 13. The van der Waals surface area contributed by atoms with Crippen molar-refractivity contribution in [2.45, 2.75) is 144 Å². The summed E-state index contributed by atoms with van der Waals surface area (Å²) in [5.41, 5.74) is -0.533. The number of ether oxygens (including phenoxy) is 4. The highest BCUT2D eigenvalue weighted by Crippen LogP contribution is 2.55. The molecule has 5 rings (SSSR count). The van der Waals surface area contributed by atoms with Gasteiger partial charge >= 0.3 is 11.8 Å². The van der Waals surface area contributed by atoms with Crippen molar-refractivity contribution < 1.29 is 63.7 Å². The van der Waals surface area contributed by atoms with E-state index in [0.717, 1.165) is 31.9 Å². The number of Topliss-reactive ketones (excluding diaryl/α,β-unsaturated/α-hetero) is 1. The molecule has 0 radical (unpaired) electrons. The lowest BCUT2D eigenvalue weighted by Crippen LogP contribution is -2.46. The number of unbranched alkanes of at least 4 members (excludes halogenated alkanes) is 7. The topological polar surface area (TPSA) is 223 Å². The van der Waals surface area contributed by atoms with Gasteiger partial charge in [-0.05, 0) is 32.8 Å². The molecule has 9 atom stereocenters. The third-order valence-corrected chi connectivity index (χ3v) is 12.4. The van der Waals surface area contributed by atoms with Gasteiger partial charge in [0, 0.05) is 61.2 Å². The Bertz CT molecular complexity index is 2080. The normalized spacial score (nSPS) is 28.9. The monoisotopic (exact) mass is 880 g/mol. The Hall–Kier alpha value is -5.12. The first-order chi connectivity index (χ1) is 29.8. The molecular weight excluding hydrogens is 813 g/mol. The number of carbonyl (C=O) groups excluding carboxylic acids is 3. The average molecular weight is 881 g/mol. The number of anilines is 1. The van der Waals surface area contributed by atoms with Gasteiger partial charge in [-0.25, -0.2) is 0 Å². The molecule has 3 aliphatic heterocycles. The molecule has 15 nitrogen and oxygen atoms in total. The third-order valence-electron chi connectivity index (χ3n) is 12.4. The van der Waals surface area contributed by atoms with Crippen molar-refractivity contribution in [3.05, 3.63) is 52.8 Å². The Labute approximate surface area is 370 Å². The number of methoxy groups -OCH3 is 1. The van der Waals surface area contributed by atoms with E-state index in [0.29, 0.717) is 0 Å². The Morgan fingerprint density at radius 1 is 0.889 bits per heavy atom. The van der Waals surface area contributed by atoms with Crippen molar-refractivity contribution in [1.29, 1.82) is 0 Å². The lowest BCUT2D eigenvalue weighted by molar-refractivity contribution is -0.160. The minimum Gasteiger partial charge on any atom is -0.507 e. The van der Waals surface area contributed by atoms with Gasteiger partial charge in [-0.1, -0.05) is 96.5 Å². The molecule has 2 aromatic carbocycles. The Morgan fingerprint density at radius 3 is 2.17 bits per heavy atom. The fraction of sp³-hybridized carbons (Fsp3) is 0.583. The first-order valence-corrected chi connectivity index (χ1v) is 22.1. The molecule has 3 heterocycles. The summed E-state index contributed by atoms with van der Waals surface area (Å²) in [5, 5.41) is 64.5. The molecule has 63 heavy (non-hydrogen) atoms. The summed E-state index contributed by atoms with van der Waals surface area (Å²) in [6.07, 6.45) is 13.3. The van der Waals surface area contributed by atoms with Crippen molar-refractivity contribution in [2.75, 3.05) is 19.0 Å². The fourth-order valence-electron chi connectivity index (χ4n) is 8.32. The van der Waals surface area contributed by atoms with Crippen LogP contribution in [0.1, 0.15) is 128 Å². The number of phenolic OH excluding ortho intramolecular Hbond substituents is 3. The largest absolute Gasteiger partial charge is 0.507 e. The van der Waals surface area contributed by atoms with Crippen LogP contribution in [0.2, 0.25) is 0 Å². The molecule has 0 saturated carbocycles. The summed E-state index contributed by atoms with van der Waals surface area (Å²) in [6, 6.07) is 0. The number of nitrogens with zero attached hydrogens (tertiary/aromatic N) is 1. The van der Waals surface area contributed by atoms with Crippen LogP contribution < -0.4 is 10.1 Å². The van der Waals surface area contributed by atoms with Crippen molar-refractivity contribution in [2.24, 2.45) is 28.8 Å². The van der Waals surface area contributed by atoms with Gasteiger partial charge in [-0.3, -0.25) is 14.4 Å². The van der Waals surface area contributed by atoms with Crippen LogP contribution >= 0.6 is 0 Å². The van der Waals surface area contributed by atoms with Crippen LogP contribution in [-0.2, 0) is 28.6 Å². The summed E-state index contributed by atoms with van der Waals surface area (Å²) in [7, 11) is 1.43. The molecule has 15 heteroatoms. The van der Waals surface area contributed by atoms with Gasteiger partial charge in [0.15, 0.2) is 5.75 Å². The highest BCUT2D eigenvalue weighted by molar-refractivity contribution is 6.23. The van der Waals surface area contributed by atoms with Gasteiger partial charge in [-0.15, -0.1) is 0 Å². The van der Waals surface area contributed by atoms with Crippen molar-refractivity contribution in [3.63, 3.8) is 0 Å². The maximum absolute atomic E-state index is 14.4. The van der Waals surface area contributed by atoms with E-state index in [-0.39, 0.29) is 51.1 Å². The highest BCUT2D eigenvalue weighted by Gasteiger charge is 2.50. The summed E-state index contributed by atoms with van der Waals surface area (Å²) in [5.74, 6) is -8.54. The van der Waals surface area contributed by atoms with Crippen molar-refractivity contribution in [3.8, 4) is 23.0 Å². The molecule has 0 spiro atoms. The molecule has 0 aromatic heterocycles. The molecule has 0 saturated heterocycles. The van der Waals surface area contributed by atoms with Crippen LogP contribution in [0.5, 0.6) is 23.0 Å². The Balaban J connectivity index is 1.85. The van der Waals surface area contributed by atoms with E-state index in [1.165, 1.54) is 78.9 Å². The molecule has 348 valence electrons. The lowest BCUT2D eigenvalue weighted by atomic mass is 9.78. The lowest BCUT2D eigenvalue weighted by Gasteiger charge is -2.38. The first kappa shape index (κ1) is 50.5. The number of amides is 1. The van der Waals surface area contributed by atoms with Crippen LogP contribution in [0.4, 0.5) is 5.69 Å². The van der Waals surface area contributed by atoms with Crippen LogP contribution in [0.3, 0.4) is 0 Å². The standard InChI is InChI=1S/C48H68N2O13/c1-11-12-13-14-15-16-17-18-23-61-49-25-33-38-43(56)36-35(42(33)55)37-45(31(7)41(36)54)63-48(9,46(37)57)60-24-22-34(59-10)28(4)44(62-32(8)51)30(6)40(53)29(5)39(52)26(2)20-19-21-27(3)47(58)50-38/h19-22,24-26,28-30,34,39-40,44,52-56H,11-18,23H2,1-10H3,(H,50,58)/b20-19+,24-22+,27-21-,49-25?/t26-,28-,29+,30-,34-,39-,40+,44+,48-/m0/s1. The van der Waals surface area contributed by atoms with Gasteiger partial charge in [0.1, 0.15) is 30.0 Å². The minimum atomic E-state index is -2.06. The van der Waals surface area contributed by atoms with E-state index >= 15 is 0 Å². The van der Waals surface area contributed by atoms with E-state index < -0.39 is 88.8 Å². The second-order valence-electron chi connectivity index (χ2n) is 17.2. The molecule has 0 aliphatic carbocycles. The molecule has 2 aromatic rings. The van der Waals surface area contributed by atoms with Gasteiger partial charge < -0.3 is 54.6 Å². The number of esters is 1. The maximum atomic E-state index is 14.4. The summed E-state index contributed by atoms with van der Waals surface area (Å²) in [4.78, 5) is 46.1. The van der Waals surface area contributed by atoms with Gasteiger partial charge in [0.05, 0.1) is 53.0 Å². The number of phenols is 3. The van der Waals surface area contributed by atoms with Crippen LogP contribution in [0.15, 0.2) is 41.3 Å². The number of hydrogen-bond acceptors (Lipinski definition) is 14. The predicted molar refractivity (Wildman–Crippen MR) is 240 cm³/mol. The zero-order valence-electron chi connectivity index (χ0n) is 38.4. The molecule has 0 fully saturated rings. The number of ketones is 1. The Morgan fingerprint density at radius 2 is 1.54 bits per heavy atom.